The van der Waals surface area contributed by atoms with Crippen LogP contribution in [-0.2, 0) is 4.79 Å². The van der Waals surface area contributed by atoms with Crippen molar-refractivity contribution in [1.29, 1.82) is 0 Å². The molecule has 21 heavy (non-hydrogen) atoms. The van der Waals surface area contributed by atoms with E-state index in [-0.39, 0.29) is 11.6 Å². The van der Waals surface area contributed by atoms with Gasteiger partial charge in [-0.15, -0.1) is 11.8 Å². The van der Waals surface area contributed by atoms with Gasteiger partial charge in [0.1, 0.15) is 0 Å². The van der Waals surface area contributed by atoms with Crippen molar-refractivity contribution in [3.8, 4) is 0 Å². The topological polar surface area (TPSA) is 78.7 Å². The second-order valence-corrected chi connectivity index (χ2v) is 5.91. The minimum absolute atomic E-state index is 0.0529. The average molecular weight is 310 g/mol. The molecule has 0 spiro atoms. The van der Waals surface area contributed by atoms with Gasteiger partial charge in [0.15, 0.2) is 0 Å². The molecule has 1 aliphatic rings. The molecule has 8 heteroatoms. The van der Waals surface area contributed by atoms with Gasteiger partial charge in [0.05, 0.1) is 10.7 Å². The number of benzene rings is 1. The molecule has 1 fully saturated rings. The number of nitrogens with one attached hydrogen (secondary N) is 1. The molecule has 0 atom stereocenters. The highest BCUT2D eigenvalue weighted by Gasteiger charge is 2.15. The number of hydrazine groups is 1. The maximum atomic E-state index is 11.8. The average Bonchev–Trinajstić information content (AvgIpc) is 2.48. The molecule has 0 aliphatic carbocycles. The molecule has 1 aromatic rings. The standard InChI is InChI=1S/C13H18N4O3S/c1-15-6-8-16(9-7-15)14-13(18)10-21-12-4-2-11(3-5-12)17(19)20/h2-5H,6-10H2,1H3,(H,14,18). The van der Waals surface area contributed by atoms with E-state index in [0.717, 1.165) is 31.1 Å². The monoisotopic (exact) mass is 310 g/mol. The Morgan fingerprint density at radius 2 is 1.90 bits per heavy atom. The lowest BCUT2D eigenvalue weighted by atomic mass is 10.3. The highest BCUT2D eigenvalue weighted by molar-refractivity contribution is 8.00. The number of amides is 1. The molecule has 0 aromatic heterocycles. The zero-order valence-corrected chi connectivity index (χ0v) is 12.6. The van der Waals surface area contributed by atoms with Gasteiger partial charge in [-0.1, -0.05) is 0 Å². The number of nitro benzene ring substituents is 1. The van der Waals surface area contributed by atoms with E-state index >= 15 is 0 Å². The van der Waals surface area contributed by atoms with Crippen LogP contribution in [0.2, 0.25) is 0 Å². The number of piperazine rings is 1. The van der Waals surface area contributed by atoms with Crippen molar-refractivity contribution in [3.63, 3.8) is 0 Å². The highest BCUT2D eigenvalue weighted by atomic mass is 32.2. The Kier molecular flexibility index (Phi) is 5.54. The third kappa shape index (κ3) is 5.00. The Balaban J connectivity index is 1.74. The van der Waals surface area contributed by atoms with Crippen LogP contribution in [0.25, 0.3) is 0 Å². The molecule has 1 N–H and O–H groups in total. The van der Waals surface area contributed by atoms with Crippen LogP contribution < -0.4 is 5.43 Å². The normalized spacial score (nSPS) is 16.6. The number of carbonyl (C=O) groups excluding carboxylic acids is 1. The summed E-state index contributed by atoms with van der Waals surface area (Å²) in [6.07, 6.45) is 0. The number of hydrogen-bond acceptors (Lipinski definition) is 6. The van der Waals surface area contributed by atoms with E-state index in [1.165, 1.54) is 23.9 Å². The summed E-state index contributed by atoms with van der Waals surface area (Å²) in [5, 5.41) is 12.5. The van der Waals surface area contributed by atoms with Gasteiger partial charge in [-0.25, -0.2) is 5.01 Å². The van der Waals surface area contributed by atoms with E-state index in [1.54, 1.807) is 12.1 Å². The van der Waals surface area contributed by atoms with Gasteiger partial charge in [-0.05, 0) is 19.2 Å². The minimum Gasteiger partial charge on any atom is -0.304 e. The van der Waals surface area contributed by atoms with E-state index in [4.69, 9.17) is 0 Å². The third-order valence-electron chi connectivity index (χ3n) is 3.20. The summed E-state index contributed by atoms with van der Waals surface area (Å²) in [6, 6.07) is 6.21. The van der Waals surface area contributed by atoms with Crippen molar-refractivity contribution >= 4 is 23.4 Å². The zero-order valence-electron chi connectivity index (χ0n) is 11.8. The van der Waals surface area contributed by atoms with Crippen LogP contribution in [-0.4, -0.2) is 59.7 Å². The molecule has 7 nitrogen and oxygen atoms in total. The molecule has 0 saturated carbocycles. The van der Waals surface area contributed by atoms with Crippen molar-refractivity contribution < 1.29 is 9.72 Å². The second-order valence-electron chi connectivity index (χ2n) is 4.86. The van der Waals surface area contributed by atoms with Crippen molar-refractivity contribution in [1.82, 2.24) is 15.3 Å². The Morgan fingerprint density at radius 3 is 2.48 bits per heavy atom. The molecule has 1 amide bonds. The van der Waals surface area contributed by atoms with Gasteiger partial charge in [-0.2, -0.15) is 0 Å². The van der Waals surface area contributed by atoms with Gasteiger partial charge in [-0.3, -0.25) is 20.3 Å². The summed E-state index contributed by atoms with van der Waals surface area (Å²) in [5.74, 6) is 0.243. The summed E-state index contributed by atoms with van der Waals surface area (Å²) in [5.41, 5.74) is 2.93. The molecule has 1 heterocycles. The van der Waals surface area contributed by atoms with Crippen LogP contribution in [0.1, 0.15) is 0 Å². The first-order valence-electron chi connectivity index (χ1n) is 6.65. The highest BCUT2D eigenvalue weighted by Crippen LogP contribution is 2.21. The van der Waals surface area contributed by atoms with Gasteiger partial charge in [0.2, 0.25) is 5.91 Å². The molecule has 1 saturated heterocycles. The number of likely N-dealkylation sites (N-methyl/N-ethyl adjacent to an activating group) is 1. The lowest BCUT2D eigenvalue weighted by Gasteiger charge is -2.32. The molecular formula is C13H18N4O3S. The number of non-ortho nitro benzene ring substituents is 1. The molecular weight excluding hydrogens is 292 g/mol. The molecule has 0 unspecified atom stereocenters. The smallest absolute Gasteiger partial charge is 0.269 e. The number of nitro groups is 1. The number of nitrogens with zero attached hydrogens (tertiary/aromatic N) is 3. The van der Waals surface area contributed by atoms with Crippen molar-refractivity contribution in [2.45, 2.75) is 4.90 Å². The van der Waals surface area contributed by atoms with E-state index < -0.39 is 4.92 Å². The summed E-state index contributed by atoms with van der Waals surface area (Å²) in [4.78, 5) is 25.0. The zero-order chi connectivity index (χ0) is 15.2. The molecule has 1 aromatic carbocycles. The predicted octanol–water partition coefficient (Wildman–Crippen LogP) is 0.965. The van der Waals surface area contributed by atoms with Crippen LogP contribution in [0.5, 0.6) is 0 Å². The van der Waals surface area contributed by atoms with E-state index in [2.05, 4.69) is 17.4 Å². The fourth-order valence-electron chi connectivity index (χ4n) is 1.94. The fraction of sp³-hybridized carbons (Fsp3) is 0.462. The van der Waals surface area contributed by atoms with Crippen molar-refractivity contribution in [2.75, 3.05) is 39.0 Å². The second kappa shape index (κ2) is 7.39. The number of hydrogen-bond donors (Lipinski definition) is 1. The lowest BCUT2D eigenvalue weighted by Crippen LogP contribution is -2.52. The van der Waals surface area contributed by atoms with Gasteiger partial charge < -0.3 is 4.90 Å². The quantitative estimate of drug-likeness (QED) is 0.496. The van der Waals surface area contributed by atoms with E-state index in [0.29, 0.717) is 5.75 Å². The SMILES string of the molecule is CN1CCN(NC(=O)CSc2ccc([N+](=O)[O-])cc2)CC1. The minimum atomic E-state index is -0.436. The number of rotatable bonds is 5. The molecule has 0 bridgehead atoms. The Bertz CT molecular complexity index is 501. The summed E-state index contributed by atoms with van der Waals surface area (Å²) >= 11 is 1.37. The first-order chi connectivity index (χ1) is 10.0. The predicted molar refractivity (Wildman–Crippen MR) is 81.0 cm³/mol. The molecule has 114 valence electrons. The Hall–Kier alpha value is -1.64. The van der Waals surface area contributed by atoms with Crippen LogP contribution in [0.3, 0.4) is 0 Å². The van der Waals surface area contributed by atoms with Crippen LogP contribution in [0, 0.1) is 10.1 Å². The largest absolute Gasteiger partial charge is 0.304 e. The maximum Gasteiger partial charge on any atom is 0.269 e. The number of thioether (sulfide) groups is 1. The van der Waals surface area contributed by atoms with Gasteiger partial charge >= 0.3 is 0 Å². The third-order valence-corrected chi connectivity index (χ3v) is 4.22. The molecule has 0 radical (unpaired) electrons. The molecule has 2 rings (SSSR count). The van der Waals surface area contributed by atoms with Crippen LogP contribution >= 0.6 is 11.8 Å². The Morgan fingerprint density at radius 1 is 1.29 bits per heavy atom. The first-order valence-corrected chi connectivity index (χ1v) is 7.63. The Labute approximate surface area is 127 Å². The lowest BCUT2D eigenvalue weighted by molar-refractivity contribution is -0.384. The van der Waals surface area contributed by atoms with Crippen molar-refractivity contribution in [2.24, 2.45) is 0 Å². The van der Waals surface area contributed by atoms with Crippen LogP contribution in [0.4, 0.5) is 5.69 Å². The van der Waals surface area contributed by atoms with Crippen LogP contribution in [0.15, 0.2) is 29.2 Å². The summed E-state index contributed by atoms with van der Waals surface area (Å²) in [6.45, 7) is 3.53. The number of carbonyl (C=O) groups is 1. The maximum absolute atomic E-state index is 11.8. The summed E-state index contributed by atoms with van der Waals surface area (Å²) in [7, 11) is 2.06. The fourth-order valence-corrected chi connectivity index (χ4v) is 2.63. The van der Waals surface area contributed by atoms with Gasteiger partial charge in [0, 0.05) is 43.2 Å². The summed E-state index contributed by atoms with van der Waals surface area (Å²) < 4.78 is 0. The van der Waals surface area contributed by atoms with Crippen molar-refractivity contribution in [3.05, 3.63) is 34.4 Å². The molecule has 1 aliphatic heterocycles. The first kappa shape index (κ1) is 15.7. The van der Waals surface area contributed by atoms with E-state index in [9.17, 15) is 14.9 Å². The van der Waals surface area contributed by atoms with E-state index in [1.807, 2.05) is 5.01 Å². The van der Waals surface area contributed by atoms with Gasteiger partial charge in [0.25, 0.3) is 5.69 Å².